The van der Waals surface area contributed by atoms with Crippen molar-refractivity contribution in [2.75, 3.05) is 7.05 Å². The van der Waals surface area contributed by atoms with Crippen LogP contribution in [0.4, 0.5) is 0 Å². The minimum absolute atomic E-state index is 0.516. The van der Waals surface area contributed by atoms with E-state index in [1.807, 2.05) is 19.2 Å². The summed E-state index contributed by atoms with van der Waals surface area (Å²) >= 11 is 6.02. The Morgan fingerprint density at radius 1 is 1.35 bits per heavy atom. The number of nitrogens with zero attached hydrogens (tertiary/aromatic N) is 2. The lowest BCUT2D eigenvalue weighted by Gasteiger charge is -2.09. The normalized spacial score (nSPS) is 10.2. The van der Waals surface area contributed by atoms with E-state index in [9.17, 15) is 0 Å². The summed E-state index contributed by atoms with van der Waals surface area (Å²) < 4.78 is 5.67. The van der Waals surface area contributed by atoms with Gasteiger partial charge in [0, 0.05) is 18.3 Å². The summed E-state index contributed by atoms with van der Waals surface area (Å²) in [7, 11) is 1.85. The van der Waals surface area contributed by atoms with E-state index in [0.29, 0.717) is 23.2 Å². The average molecular weight is 250 g/mol. The Kier molecular flexibility index (Phi) is 3.90. The Bertz CT molecular complexity index is 505. The highest BCUT2D eigenvalue weighted by Crippen LogP contribution is 2.28. The van der Waals surface area contributed by atoms with E-state index in [1.54, 1.807) is 18.3 Å². The molecule has 0 fully saturated rings. The van der Waals surface area contributed by atoms with E-state index in [0.717, 1.165) is 5.56 Å². The Morgan fingerprint density at radius 2 is 2.18 bits per heavy atom. The molecule has 88 valence electrons. The molecule has 1 N–H and O–H groups in total. The van der Waals surface area contributed by atoms with Crippen molar-refractivity contribution in [3.05, 3.63) is 47.4 Å². The van der Waals surface area contributed by atoms with Gasteiger partial charge in [0.05, 0.1) is 5.02 Å². The third-order valence-electron chi connectivity index (χ3n) is 2.16. The van der Waals surface area contributed by atoms with Crippen LogP contribution in [0, 0.1) is 0 Å². The second-order valence-electron chi connectivity index (χ2n) is 3.42. The highest BCUT2D eigenvalue weighted by atomic mass is 35.5. The Morgan fingerprint density at radius 3 is 2.94 bits per heavy atom. The van der Waals surface area contributed by atoms with Gasteiger partial charge in [-0.1, -0.05) is 23.7 Å². The summed E-state index contributed by atoms with van der Waals surface area (Å²) in [6, 6.07) is 7.28. The molecule has 0 spiro atoms. The van der Waals surface area contributed by atoms with Crippen molar-refractivity contribution in [1.82, 2.24) is 15.3 Å². The molecular weight excluding hydrogens is 238 g/mol. The molecule has 2 rings (SSSR count). The van der Waals surface area contributed by atoms with Crippen LogP contribution in [-0.2, 0) is 6.54 Å². The number of benzene rings is 1. The molecule has 0 saturated carbocycles. The molecule has 0 bridgehead atoms. The quantitative estimate of drug-likeness (QED) is 0.905. The number of ether oxygens (including phenoxy) is 1. The second kappa shape index (κ2) is 5.61. The molecule has 1 heterocycles. The SMILES string of the molecule is CNCc1cncnc1Oc1ccccc1Cl. The predicted octanol–water partition coefficient (Wildman–Crippen LogP) is 2.64. The fraction of sp³-hybridized carbons (Fsp3) is 0.167. The van der Waals surface area contributed by atoms with Crippen LogP contribution < -0.4 is 10.1 Å². The van der Waals surface area contributed by atoms with Gasteiger partial charge in [0.1, 0.15) is 12.1 Å². The van der Waals surface area contributed by atoms with E-state index in [4.69, 9.17) is 16.3 Å². The van der Waals surface area contributed by atoms with Crippen LogP contribution >= 0.6 is 11.6 Å². The molecule has 0 aliphatic carbocycles. The van der Waals surface area contributed by atoms with Crippen molar-refractivity contribution < 1.29 is 4.74 Å². The average Bonchev–Trinajstić information content (AvgIpc) is 2.35. The van der Waals surface area contributed by atoms with Crippen LogP contribution in [0.25, 0.3) is 0 Å². The maximum absolute atomic E-state index is 6.02. The van der Waals surface area contributed by atoms with E-state index in [-0.39, 0.29) is 0 Å². The van der Waals surface area contributed by atoms with Gasteiger partial charge in [-0.3, -0.25) is 0 Å². The number of aromatic nitrogens is 2. The van der Waals surface area contributed by atoms with Crippen molar-refractivity contribution in [3.8, 4) is 11.6 Å². The molecule has 0 aliphatic rings. The van der Waals surface area contributed by atoms with Crippen molar-refractivity contribution >= 4 is 11.6 Å². The lowest BCUT2D eigenvalue weighted by Crippen LogP contribution is -2.07. The standard InChI is InChI=1S/C12H12ClN3O/c1-14-6-9-7-15-8-16-12(9)17-11-5-3-2-4-10(11)13/h2-5,7-8,14H,6H2,1H3. The summed E-state index contributed by atoms with van der Waals surface area (Å²) in [5.74, 6) is 1.10. The molecule has 0 saturated heterocycles. The molecule has 0 unspecified atom stereocenters. The van der Waals surface area contributed by atoms with E-state index in [1.165, 1.54) is 6.33 Å². The Labute approximate surface area is 105 Å². The predicted molar refractivity (Wildman–Crippen MR) is 66.3 cm³/mol. The van der Waals surface area contributed by atoms with Gasteiger partial charge in [0.15, 0.2) is 0 Å². The van der Waals surface area contributed by atoms with Crippen LogP contribution in [-0.4, -0.2) is 17.0 Å². The lowest BCUT2D eigenvalue weighted by molar-refractivity contribution is 0.452. The number of halogens is 1. The van der Waals surface area contributed by atoms with Crippen molar-refractivity contribution in [1.29, 1.82) is 0 Å². The molecule has 0 amide bonds. The Hall–Kier alpha value is -1.65. The first-order valence-corrected chi connectivity index (χ1v) is 5.55. The van der Waals surface area contributed by atoms with Crippen LogP contribution in [0.2, 0.25) is 5.02 Å². The van der Waals surface area contributed by atoms with Crippen LogP contribution in [0.3, 0.4) is 0 Å². The molecule has 2 aromatic rings. The zero-order valence-electron chi connectivity index (χ0n) is 9.35. The summed E-state index contributed by atoms with van der Waals surface area (Å²) in [6.07, 6.45) is 3.17. The molecule has 1 aromatic carbocycles. The minimum Gasteiger partial charge on any atom is -0.437 e. The maximum atomic E-state index is 6.02. The smallest absolute Gasteiger partial charge is 0.226 e. The zero-order chi connectivity index (χ0) is 12.1. The number of para-hydroxylation sites is 1. The summed E-state index contributed by atoms with van der Waals surface area (Å²) in [5, 5.41) is 3.59. The van der Waals surface area contributed by atoms with Gasteiger partial charge in [-0.2, -0.15) is 0 Å². The van der Waals surface area contributed by atoms with E-state index in [2.05, 4.69) is 15.3 Å². The summed E-state index contributed by atoms with van der Waals surface area (Å²) in [5.41, 5.74) is 0.884. The highest BCUT2D eigenvalue weighted by molar-refractivity contribution is 6.32. The third-order valence-corrected chi connectivity index (χ3v) is 2.47. The fourth-order valence-electron chi connectivity index (χ4n) is 1.38. The number of hydrogen-bond donors (Lipinski definition) is 1. The molecular formula is C12H12ClN3O. The van der Waals surface area contributed by atoms with Crippen molar-refractivity contribution in [2.24, 2.45) is 0 Å². The zero-order valence-corrected chi connectivity index (χ0v) is 10.1. The third kappa shape index (κ3) is 2.93. The van der Waals surface area contributed by atoms with Crippen molar-refractivity contribution in [2.45, 2.75) is 6.54 Å². The molecule has 0 aliphatic heterocycles. The van der Waals surface area contributed by atoms with Crippen molar-refractivity contribution in [3.63, 3.8) is 0 Å². The Balaban J connectivity index is 2.27. The largest absolute Gasteiger partial charge is 0.437 e. The molecule has 1 aromatic heterocycles. The van der Waals surface area contributed by atoms with Crippen LogP contribution in [0.5, 0.6) is 11.6 Å². The molecule has 0 radical (unpaired) electrons. The van der Waals surface area contributed by atoms with Crippen LogP contribution in [0.15, 0.2) is 36.8 Å². The summed E-state index contributed by atoms with van der Waals surface area (Å²) in [6.45, 7) is 0.640. The minimum atomic E-state index is 0.516. The molecule has 4 nitrogen and oxygen atoms in total. The second-order valence-corrected chi connectivity index (χ2v) is 3.82. The first kappa shape index (κ1) is 11.8. The van der Waals surface area contributed by atoms with Gasteiger partial charge in [0.25, 0.3) is 0 Å². The van der Waals surface area contributed by atoms with Gasteiger partial charge < -0.3 is 10.1 Å². The van der Waals surface area contributed by atoms with Gasteiger partial charge in [0.2, 0.25) is 5.88 Å². The number of hydrogen-bond acceptors (Lipinski definition) is 4. The van der Waals surface area contributed by atoms with Gasteiger partial charge in [-0.05, 0) is 19.2 Å². The molecule has 5 heteroatoms. The fourth-order valence-corrected chi connectivity index (χ4v) is 1.56. The molecule has 17 heavy (non-hydrogen) atoms. The maximum Gasteiger partial charge on any atom is 0.226 e. The van der Waals surface area contributed by atoms with Crippen LogP contribution in [0.1, 0.15) is 5.56 Å². The highest BCUT2D eigenvalue weighted by Gasteiger charge is 2.07. The summed E-state index contributed by atoms with van der Waals surface area (Å²) in [4.78, 5) is 8.07. The topological polar surface area (TPSA) is 47.0 Å². The molecule has 0 atom stereocenters. The van der Waals surface area contributed by atoms with E-state index >= 15 is 0 Å². The number of rotatable bonds is 4. The number of nitrogens with one attached hydrogen (secondary N) is 1. The van der Waals surface area contributed by atoms with Gasteiger partial charge in [-0.25, -0.2) is 9.97 Å². The first-order valence-electron chi connectivity index (χ1n) is 5.17. The monoisotopic (exact) mass is 249 g/mol. The van der Waals surface area contributed by atoms with Gasteiger partial charge >= 0.3 is 0 Å². The van der Waals surface area contributed by atoms with Gasteiger partial charge in [-0.15, -0.1) is 0 Å². The lowest BCUT2D eigenvalue weighted by atomic mass is 10.3. The first-order chi connectivity index (χ1) is 8.31. The van der Waals surface area contributed by atoms with E-state index < -0.39 is 0 Å².